The first-order chi connectivity index (χ1) is 10.3. The summed E-state index contributed by atoms with van der Waals surface area (Å²) in [7, 11) is 0. The smallest absolute Gasteiger partial charge is 0.0485 e. The van der Waals surface area contributed by atoms with E-state index in [1.54, 1.807) is 0 Å². The molecule has 0 aliphatic rings. The SMILES string of the molecule is CCCc1ccc(C(C)Nc2ccc3[nH]ccc3c2)cc1. The highest BCUT2D eigenvalue weighted by Crippen LogP contribution is 2.23. The van der Waals surface area contributed by atoms with Gasteiger partial charge in [-0.05, 0) is 48.7 Å². The van der Waals surface area contributed by atoms with Gasteiger partial charge in [-0.1, -0.05) is 37.6 Å². The van der Waals surface area contributed by atoms with Gasteiger partial charge in [0.2, 0.25) is 0 Å². The van der Waals surface area contributed by atoms with Crippen LogP contribution in [0.3, 0.4) is 0 Å². The van der Waals surface area contributed by atoms with E-state index in [2.05, 4.69) is 72.7 Å². The zero-order valence-corrected chi connectivity index (χ0v) is 12.7. The van der Waals surface area contributed by atoms with Gasteiger partial charge < -0.3 is 10.3 Å². The minimum absolute atomic E-state index is 0.303. The van der Waals surface area contributed by atoms with Crippen molar-refractivity contribution >= 4 is 16.6 Å². The van der Waals surface area contributed by atoms with E-state index in [1.165, 1.54) is 28.5 Å². The molecule has 1 unspecified atom stereocenters. The van der Waals surface area contributed by atoms with E-state index in [0.29, 0.717) is 6.04 Å². The molecule has 21 heavy (non-hydrogen) atoms. The molecular formula is C19H22N2. The molecule has 2 heteroatoms. The summed E-state index contributed by atoms with van der Waals surface area (Å²) < 4.78 is 0. The van der Waals surface area contributed by atoms with Gasteiger partial charge in [0.1, 0.15) is 0 Å². The van der Waals surface area contributed by atoms with Crippen molar-refractivity contribution in [3.63, 3.8) is 0 Å². The number of hydrogen-bond donors (Lipinski definition) is 2. The maximum atomic E-state index is 3.58. The molecule has 1 aromatic heterocycles. The number of aromatic amines is 1. The summed E-state index contributed by atoms with van der Waals surface area (Å²) in [5.74, 6) is 0. The number of H-pyrrole nitrogens is 1. The first-order valence-corrected chi connectivity index (χ1v) is 7.69. The molecule has 3 rings (SSSR count). The fourth-order valence-corrected chi connectivity index (χ4v) is 2.74. The van der Waals surface area contributed by atoms with Crippen LogP contribution in [0.5, 0.6) is 0 Å². The van der Waals surface area contributed by atoms with Crippen LogP contribution in [0.15, 0.2) is 54.7 Å². The van der Waals surface area contributed by atoms with Crippen LogP contribution in [0.1, 0.15) is 37.4 Å². The summed E-state index contributed by atoms with van der Waals surface area (Å²) in [5.41, 5.74) is 5.08. The number of hydrogen-bond acceptors (Lipinski definition) is 1. The monoisotopic (exact) mass is 278 g/mol. The molecule has 2 N–H and O–H groups in total. The molecule has 0 bridgehead atoms. The molecule has 0 saturated heterocycles. The first-order valence-electron chi connectivity index (χ1n) is 7.69. The van der Waals surface area contributed by atoms with Crippen LogP contribution in [-0.2, 0) is 6.42 Å². The molecule has 0 fully saturated rings. The quantitative estimate of drug-likeness (QED) is 0.651. The largest absolute Gasteiger partial charge is 0.379 e. The van der Waals surface area contributed by atoms with Crippen molar-refractivity contribution in [2.45, 2.75) is 32.7 Å². The van der Waals surface area contributed by atoms with Crippen LogP contribution in [0.2, 0.25) is 0 Å². The molecule has 0 radical (unpaired) electrons. The Balaban J connectivity index is 1.73. The average Bonchev–Trinajstić information content (AvgIpc) is 2.96. The number of rotatable bonds is 5. The van der Waals surface area contributed by atoms with Crippen LogP contribution in [0, 0.1) is 0 Å². The number of aromatic nitrogens is 1. The van der Waals surface area contributed by atoms with E-state index in [-0.39, 0.29) is 0 Å². The molecule has 1 atom stereocenters. The second-order valence-corrected chi connectivity index (χ2v) is 5.64. The molecule has 0 saturated carbocycles. The van der Waals surface area contributed by atoms with Crippen LogP contribution in [-0.4, -0.2) is 4.98 Å². The maximum absolute atomic E-state index is 3.58. The Hall–Kier alpha value is -2.22. The lowest BCUT2D eigenvalue weighted by molar-refractivity contribution is 0.877. The second kappa shape index (κ2) is 6.04. The van der Waals surface area contributed by atoms with Crippen LogP contribution < -0.4 is 5.32 Å². The van der Waals surface area contributed by atoms with Gasteiger partial charge in [0.15, 0.2) is 0 Å². The van der Waals surface area contributed by atoms with Crippen molar-refractivity contribution in [1.82, 2.24) is 4.98 Å². The third kappa shape index (κ3) is 3.10. The van der Waals surface area contributed by atoms with Gasteiger partial charge in [-0.25, -0.2) is 0 Å². The van der Waals surface area contributed by atoms with Gasteiger partial charge in [0.05, 0.1) is 0 Å². The van der Waals surface area contributed by atoms with E-state index in [1.807, 2.05) is 6.20 Å². The van der Waals surface area contributed by atoms with Crippen LogP contribution in [0.25, 0.3) is 10.9 Å². The summed E-state index contributed by atoms with van der Waals surface area (Å²) in [6.07, 6.45) is 4.33. The van der Waals surface area contributed by atoms with Crippen LogP contribution >= 0.6 is 0 Å². The zero-order chi connectivity index (χ0) is 14.7. The summed E-state index contributed by atoms with van der Waals surface area (Å²) >= 11 is 0. The van der Waals surface area contributed by atoms with Gasteiger partial charge >= 0.3 is 0 Å². The van der Waals surface area contributed by atoms with Crippen molar-refractivity contribution in [2.75, 3.05) is 5.32 Å². The van der Waals surface area contributed by atoms with Gasteiger partial charge in [-0.2, -0.15) is 0 Å². The fraction of sp³-hybridized carbons (Fsp3) is 0.263. The molecule has 0 amide bonds. The highest BCUT2D eigenvalue weighted by molar-refractivity contribution is 5.83. The summed E-state index contributed by atoms with van der Waals surface area (Å²) in [4.78, 5) is 3.22. The van der Waals surface area contributed by atoms with Crippen molar-refractivity contribution < 1.29 is 0 Å². The van der Waals surface area contributed by atoms with Crippen molar-refractivity contribution in [1.29, 1.82) is 0 Å². The molecular weight excluding hydrogens is 256 g/mol. The highest BCUT2D eigenvalue weighted by atomic mass is 14.9. The lowest BCUT2D eigenvalue weighted by Gasteiger charge is -2.16. The average molecular weight is 278 g/mol. The van der Waals surface area contributed by atoms with Gasteiger partial charge in [-0.3, -0.25) is 0 Å². The first kappa shape index (κ1) is 13.7. The molecule has 0 aliphatic carbocycles. The van der Waals surface area contributed by atoms with E-state index in [4.69, 9.17) is 0 Å². The minimum Gasteiger partial charge on any atom is -0.379 e. The fourth-order valence-electron chi connectivity index (χ4n) is 2.74. The molecule has 0 spiro atoms. The van der Waals surface area contributed by atoms with Crippen LogP contribution in [0.4, 0.5) is 5.69 Å². The molecule has 2 nitrogen and oxygen atoms in total. The normalized spacial score (nSPS) is 12.5. The third-order valence-corrected chi connectivity index (χ3v) is 3.95. The van der Waals surface area contributed by atoms with Crippen molar-refractivity contribution in [3.05, 3.63) is 65.9 Å². The number of benzene rings is 2. The topological polar surface area (TPSA) is 27.8 Å². The number of aryl methyl sites for hydroxylation is 1. The lowest BCUT2D eigenvalue weighted by Crippen LogP contribution is -2.06. The van der Waals surface area contributed by atoms with Crippen molar-refractivity contribution in [3.8, 4) is 0 Å². The second-order valence-electron chi connectivity index (χ2n) is 5.64. The van der Waals surface area contributed by atoms with E-state index < -0.39 is 0 Å². The number of fused-ring (bicyclic) bond motifs is 1. The third-order valence-electron chi connectivity index (χ3n) is 3.95. The summed E-state index contributed by atoms with van der Waals surface area (Å²) in [6.45, 7) is 4.42. The van der Waals surface area contributed by atoms with E-state index in [9.17, 15) is 0 Å². The Kier molecular flexibility index (Phi) is 3.96. The van der Waals surface area contributed by atoms with E-state index in [0.717, 1.165) is 12.1 Å². The zero-order valence-electron chi connectivity index (χ0n) is 12.7. The lowest BCUT2D eigenvalue weighted by atomic mass is 10.0. The molecule has 3 aromatic rings. The molecule has 1 heterocycles. The van der Waals surface area contributed by atoms with Crippen molar-refractivity contribution in [2.24, 2.45) is 0 Å². The number of nitrogens with one attached hydrogen (secondary N) is 2. The maximum Gasteiger partial charge on any atom is 0.0485 e. The Bertz CT molecular complexity index is 710. The predicted octanol–water partition coefficient (Wildman–Crippen LogP) is 5.29. The predicted molar refractivity (Wildman–Crippen MR) is 90.8 cm³/mol. The van der Waals surface area contributed by atoms with Gasteiger partial charge in [-0.15, -0.1) is 0 Å². The molecule has 2 aromatic carbocycles. The molecule has 108 valence electrons. The summed E-state index contributed by atoms with van der Waals surface area (Å²) in [6, 6.07) is 17.8. The Morgan fingerprint density at radius 2 is 1.86 bits per heavy atom. The highest BCUT2D eigenvalue weighted by Gasteiger charge is 2.06. The Morgan fingerprint density at radius 3 is 2.62 bits per heavy atom. The summed E-state index contributed by atoms with van der Waals surface area (Å²) in [5, 5.41) is 4.82. The number of anilines is 1. The van der Waals surface area contributed by atoms with E-state index >= 15 is 0 Å². The Labute approximate surface area is 126 Å². The standard InChI is InChI=1S/C19H22N2/c1-3-4-15-5-7-16(8-6-15)14(2)21-18-9-10-19-17(13-18)11-12-20-19/h5-14,20-21H,3-4H2,1-2H3. The van der Waals surface area contributed by atoms with Gasteiger partial charge in [0.25, 0.3) is 0 Å². The minimum atomic E-state index is 0.303. The Morgan fingerprint density at radius 1 is 1.05 bits per heavy atom. The van der Waals surface area contributed by atoms with Gasteiger partial charge in [0, 0.05) is 28.8 Å². The molecule has 0 aliphatic heterocycles.